The lowest BCUT2D eigenvalue weighted by molar-refractivity contribution is 0.693. The van der Waals surface area contributed by atoms with Crippen LogP contribution in [-0.4, -0.2) is 4.83 Å². The Labute approximate surface area is 95.2 Å². The second-order valence-corrected chi connectivity index (χ2v) is 4.72. The van der Waals surface area contributed by atoms with E-state index in [9.17, 15) is 0 Å². The van der Waals surface area contributed by atoms with Crippen molar-refractivity contribution in [2.45, 2.75) is 31.0 Å². The van der Waals surface area contributed by atoms with Crippen LogP contribution in [0.4, 0.5) is 0 Å². The summed E-state index contributed by atoms with van der Waals surface area (Å²) in [5, 5.41) is 0. The van der Waals surface area contributed by atoms with E-state index in [-0.39, 0.29) is 0 Å². The number of alkyl halides is 1. The molecule has 0 radical (unpaired) electrons. The Morgan fingerprint density at radius 2 is 2.07 bits per heavy atom. The first-order valence-electron chi connectivity index (χ1n) is 5.06. The molecule has 0 bridgehead atoms. The summed E-state index contributed by atoms with van der Waals surface area (Å²) in [5.41, 5.74) is 2.63. The molecule has 76 valence electrons. The fourth-order valence-corrected chi connectivity index (χ4v) is 1.94. The highest BCUT2D eigenvalue weighted by Crippen LogP contribution is 2.29. The monoisotopic (exact) mass is 252 g/mol. The molecule has 1 aromatic carbocycles. The van der Waals surface area contributed by atoms with Gasteiger partial charge in [-0.2, -0.15) is 0 Å². The average Bonchev–Trinajstić information content (AvgIpc) is 2.26. The van der Waals surface area contributed by atoms with Crippen LogP contribution in [0, 0.1) is 0 Å². The van der Waals surface area contributed by atoms with Gasteiger partial charge in [-0.25, -0.2) is 0 Å². The van der Waals surface area contributed by atoms with Crippen molar-refractivity contribution < 1.29 is 0 Å². The minimum atomic E-state index is 0.536. The molecule has 0 saturated carbocycles. The van der Waals surface area contributed by atoms with E-state index in [0.29, 0.717) is 10.7 Å². The highest BCUT2D eigenvalue weighted by atomic mass is 79.9. The molecule has 0 aliphatic heterocycles. The number of benzene rings is 1. The zero-order valence-corrected chi connectivity index (χ0v) is 10.4. The average molecular weight is 253 g/mol. The topological polar surface area (TPSA) is 0 Å². The second kappa shape index (κ2) is 5.35. The summed E-state index contributed by atoms with van der Waals surface area (Å²) in [7, 11) is 0. The van der Waals surface area contributed by atoms with E-state index in [1.54, 1.807) is 0 Å². The first-order chi connectivity index (χ1) is 6.70. The van der Waals surface area contributed by atoms with Gasteiger partial charge in [-0.1, -0.05) is 66.7 Å². The summed E-state index contributed by atoms with van der Waals surface area (Å²) in [6, 6.07) is 8.45. The van der Waals surface area contributed by atoms with Gasteiger partial charge in [-0.05, 0) is 23.5 Å². The zero-order chi connectivity index (χ0) is 10.6. The molecule has 0 spiro atoms. The normalized spacial score (nSPS) is 14.8. The van der Waals surface area contributed by atoms with Crippen molar-refractivity contribution in [2.75, 3.05) is 0 Å². The number of halogens is 1. The third kappa shape index (κ3) is 2.48. The zero-order valence-electron chi connectivity index (χ0n) is 8.83. The molecule has 0 aliphatic carbocycles. The van der Waals surface area contributed by atoms with Gasteiger partial charge in [0.05, 0.1) is 0 Å². The van der Waals surface area contributed by atoms with Crippen LogP contribution in [0.5, 0.6) is 0 Å². The summed E-state index contributed by atoms with van der Waals surface area (Å²) in [6.45, 7) is 8.30. The van der Waals surface area contributed by atoms with Crippen LogP contribution in [0.25, 0.3) is 6.08 Å². The Hall–Kier alpha value is -0.560. The summed E-state index contributed by atoms with van der Waals surface area (Å²) < 4.78 is 0. The van der Waals surface area contributed by atoms with Crippen LogP contribution in [0.1, 0.15) is 37.3 Å². The molecular formula is C13H17Br. The third-order valence-electron chi connectivity index (χ3n) is 2.64. The fourth-order valence-electron chi connectivity index (χ4n) is 1.66. The third-order valence-corrected chi connectivity index (χ3v) is 4.08. The van der Waals surface area contributed by atoms with Crippen LogP contribution < -0.4 is 0 Å². The van der Waals surface area contributed by atoms with E-state index in [1.165, 1.54) is 11.1 Å². The van der Waals surface area contributed by atoms with E-state index in [4.69, 9.17) is 0 Å². The predicted octanol–water partition coefficient (Wildman–Crippen LogP) is 4.61. The number of rotatable bonds is 4. The molecule has 0 aliphatic rings. The largest absolute Gasteiger partial charge is 0.0985 e. The van der Waals surface area contributed by atoms with Gasteiger partial charge in [0.15, 0.2) is 0 Å². The lowest BCUT2D eigenvalue weighted by atomic mass is 9.92. The number of hydrogen-bond acceptors (Lipinski definition) is 0. The summed E-state index contributed by atoms with van der Waals surface area (Å²) in [4.78, 5) is 0.545. The molecule has 1 heteroatoms. The molecule has 0 fully saturated rings. The van der Waals surface area contributed by atoms with Crippen molar-refractivity contribution in [3.05, 3.63) is 42.0 Å². The Morgan fingerprint density at radius 3 is 2.64 bits per heavy atom. The molecule has 1 rings (SSSR count). The van der Waals surface area contributed by atoms with Crippen LogP contribution >= 0.6 is 15.9 Å². The maximum absolute atomic E-state index is 3.84. The lowest BCUT2D eigenvalue weighted by Gasteiger charge is -2.19. The standard InChI is InChI=1S/C13H17Br/c1-4-11-8-6-7-9-12(11)10(3)13(14)5-2/h4,6-10,13H,1,5H2,2-3H3. The van der Waals surface area contributed by atoms with Gasteiger partial charge in [-0.15, -0.1) is 0 Å². The maximum Gasteiger partial charge on any atom is 0.0209 e. The van der Waals surface area contributed by atoms with Crippen LogP contribution in [-0.2, 0) is 0 Å². The molecule has 14 heavy (non-hydrogen) atoms. The van der Waals surface area contributed by atoms with Crippen molar-refractivity contribution in [3.8, 4) is 0 Å². The summed E-state index contributed by atoms with van der Waals surface area (Å²) >= 11 is 3.71. The van der Waals surface area contributed by atoms with Gasteiger partial charge in [-0.3, -0.25) is 0 Å². The van der Waals surface area contributed by atoms with Gasteiger partial charge in [0.2, 0.25) is 0 Å². The molecule has 0 aromatic heterocycles. The Kier molecular flexibility index (Phi) is 4.40. The molecule has 2 unspecified atom stereocenters. The number of hydrogen-bond donors (Lipinski definition) is 0. The van der Waals surface area contributed by atoms with Crippen molar-refractivity contribution in [3.63, 3.8) is 0 Å². The maximum atomic E-state index is 3.84. The molecule has 1 aromatic rings. The van der Waals surface area contributed by atoms with Crippen molar-refractivity contribution in [1.29, 1.82) is 0 Å². The van der Waals surface area contributed by atoms with Gasteiger partial charge >= 0.3 is 0 Å². The smallest absolute Gasteiger partial charge is 0.0209 e. The molecule has 0 saturated heterocycles. The van der Waals surface area contributed by atoms with Crippen LogP contribution in [0.3, 0.4) is 0 Å². The Morgan fingerprint density at radius 1 is 1.43 bits per heavy atom. The highest BCUT2D eigenvalue weighted by Gasteiger charge is 2.15. The Bertz CT molecular complexity index is 304. The quantitative estimate of drug-likeness (QED) is 0.687. The molecule has 0 amide bonds. The van der Waals surface area contributed by atoms with Crippen molar-refractivity contribution in [2.24, 2.45) is 0 Å². The second-order valence-electron chi connectivity index (χ2n) is 3.55. The lowest BCUT2D eigenvalue weighted by Crippen LogP contribution is -2.08. The minimum absolute atomic E-state index is 0.536. The summed E-state index contributed by atoms with van der Waals surface area (Å²) in [5.74, 6) is 0.536. The van der Waals surface area contributed by atoms with Gasteiger partial charge in [0, 0.05) is 4.83 Å². The molecule has 2 atom stereocenters. The first-order valence-corrected chi connectivity index (χ1v) is 5.97. The van der Waals surface area contributed by atoms with Crippen molar-refractivity contribution in [1.82, 2.24) is 0 Å². The molecule has 0 N–H and O–H groups in total. The molecule has 0 heterocycles. The fraction of sp³-hybridized carbons (Fsp3) is 0.385. The van der Waals surface area contributed by atoms with E-state index in [2.05, 4.69) is 60.6 Å². The summed E-state index contributed by atoms with van der Waals surface area (Å²) in [6.07, 6.45) is 3.08. The molecular weight excluding hydrogens is 236 g/mol. The van der Waals surface area contributed by atoms with Crippen molar-refractivity contribution >= 4 is 22.0 Å². The van der Waals surface area contributed by atoms with E-state index in [1.807, 2.05) is 6.08 Å². The van der Waals surface area contributed by atoms with Gasteiger partial charge in [0.1, 0.15) is 0 Å². The predicted molar refractivity (Wildman–Crippen MR) is 68.0 cm³/mol. The SMILES string of the molecule is C=Cc1ccccc1C(C)C(Br)CC. The van der Waals surface area contributed by atoms with E-state index >= 15 is 0 Å². The van der Waals surface area contributed by atoms with E-state index < -0.39 is 0 Å². The van der Waals surface area contributed by atoms with E-state index in [0.717, 1.165) is 6.42 Å². The first kappa shape index (κ1) is 11.5. The Balaban J connectivity index is 2.99. The van der Waals surface area contributed by atoms with Gasteiger partial charge < -0.3 is 0 Å². The van der Waals surface area contributed by atoms with Crippen LogP contribution in [0.2, 0.25) is 0 Å². The minimum Gasteiger partial charge on any atom is -0.0985 e. The molecule has 0 nitrogen and oxygen atoms in total. The highest BCUT2D eigenvalue weighted by molar-refractivity contribution is 9.09. The van der Waals surface area contributed by atoms with Gasteiger partial charge in [0.25, 0.3) is 0 Å². The van der Waals surface area contributed by atoms with Crippen LogP contribution in [0.15, 0.2) is 30.8 Å².